The van der Waals surface area contributed by atoms with Gasteiger partial charge in [0, 0.05) is 5.02 Å². The summed E-state index contributed by atoms with van der Waals surface area (Å²) in [5, 5.41) is 9.41. The summed E-state index contributed by atoms with van der Waals surface area (Å²) in [4.78, 5) is 23.3. The van der Waals surface area contributed by atoms with Crippen LogP contribution >= 0.6 is 11.6 Å². The molecule has 23 heavy (non-hydrogen) atoms. The minimum absolute atomic E-state index is 0.0251. The van der Waals surface area contributed by atoms with Crippen LogP contribution in [0.1, 0.15) is 23.7 Å². The molecule has 0 bridgehead atoms. The molecule has 0 aliphatic heterocycles. The Morgan fingerprint density at radius 1 is 1.30 bits per heavy atom. The maximum atomic E-state index is 12.5. The van der Waals surface area contributed by atoms with Crippen molar-refractivity contribution in [3.05, 3.63) is 28.8 Å². The first kappa shape index (κ1) is 19.0. The van der Waals surface area contributed by atoms with Crippen molar-refractivity contribution in [2.24, 2.45) is 0 Å². The molecule has 0 saturated carbocycles. The van der Waals surface area contributed by atoms with Crippen molar-refractivity contribution >= 4 is 23.4 Å². The lowest BCUT2D eigenvalue weighted by Crippen LogP contribution is -2.49. The summed E-state index contributed by atoms with van der Waals surface area (Å²) in [6.45, 7) is 0.453. The number of nitrogens with one attached hydrogen (secondary N) is 2. The second-order valence-corrected chi connectivity index (χ2v) is 5.23. The van der Waals surface area contributed by atoms with Crippen LogP contribution in [-0.4, -0.2) is 35.8 Å². The number of benzene rings is 1. The summed E-state index contributed by atoms with van der Waals surface area (Å²) < 4.78 is 42.3. The fourth-order valence-electron chi connectivity index (χ4n) is 1.51. The van der Waals surface area contributed by atoms with Gasteiger partial charge in [0.05, 0.1) is 19.1 Å². The van der Waals surface area contributed by atoms with Crippen LogP contribution < -0.4 is 15.6 Å². The average molecular weight is 355 g/mol. The molecular formula is C13H14ClF3N2O4. The molecule has 0 aromatic heterocycles. The van der Waals surface area contributed by atoms with Gasteiger partial charge in [0.1, 0.15) is 5.75 Å². The van der Waals surface area contributed by atoms with E-state index in [0.29, 0.717) is 6.92 Å². The number of hydrogen-bond acceptors (Lipinski definition) is 4. The molecule has 0 fully saturated rings. The molecule has 0 aliphatic rings. The van der Waals surface area contributed by atoms with Crippen molar-refractivity contribution in [3.63, 3.8) is 0 Å². The molecule has 10 heteroatoms. The van der Waals surface area contributed by atoms with E-state index in [-0.39, 0.29) is 16.3 Å². The van der Waals surface area contributed by atoms with E-state index in [1.54, 1.807) is 5.43 Å². The molecule has 1 rings (SSSR count). The van der Waals surface area contributed by atoms with Gasteiger partial charge in [-0.15, -0.1) is 0 Å². The minimum atomic E-state index is -4.98. The first-order chi connectivity index (χ1) is 10.5. The van der Waals surface area contributed by atoms with Crippen molar-refractivity contribution in [1.82, 2.24) is 10.9 Å². The van der Waals surface area contributed by atoms with Gasteiger partial charge in [-0.1, -0.05) is 11.6 Å². The fourth-order valence-corrected chi connectivity index (χ4v) is 1.68. The van der Waals surface area contributed by atoms with Gasteiger partial charge in [-0.25, -0.2) is 0 Å². The number of aliphatic hydroxyl groups is 1. The highest BCUT2D eigenvalue weighted by Crippen LogP contribution is 2.32. The van der Waals surface area contributed by atoms with Crippen LogP contribution in [0.4, 0.5) is 13.2 Å². The quantitative estimate of drug-likeness (QED) is 0.720. The maximum Gasteiger partial charge on any atom is 0.417 e. The van der Waals surface area contributed by atoms with E-state index in [1.807, 2.05) is 5.43 Å². The molecular weight excluding hydrogens is 341 g/mol. The monoisotopic (exact) mass is 354 g/mol. The largest absolute Gasteiger partial charge is 0.496 e. The predicted octanol–water partition coefficient (Wildman–Crippen LogP) is 1.81. The zero-order chi connectivity index (χ0) is 17.8. The Bertz CT molecular complexity index is 605. The van der Waals surface area contributed by atoms with Crippen LogP contribution in [-0.2, 0) is 4.79 Å². The highest BCUT2D eigenvalue weighted by Gasteiger charge is 2.51. The third-order valence-corrected chi connectivity index (χ3v) is 3.07. The topological polar surface area (TPSA) is 87.7 Å². The first-order valence-electron chi connectivity index (χ1n) is 6.20. The fraction of sp³-hybridized carbons (Fsp3) is 0.385. The highest BCUT2D eigenvalue weighted by molar-refractivity contribution is 6.31. The Kier molecular flexibility index (Phi) is 5.84. The zero-order valence-corrected chi connectivity index (χ0v) is 12.9. The van der Waals surface area contributed by atoms with Gasteiger partial charge < -0.3 is 9.84 Å². The van der Waals surface area contributed by atoms with Crippen LogP contribution in [0.5, 0.6) is 5.75 Å². The van der Waals surface area contributed by atoms with Gasteiger partial charge in [0.25, 0.3) is 5.91 Å². The number of amides is 2. The molecule has 0 unspecified atom stereocenters. The van der Waals surface area contributed by atoms with Crippen LogP contribution in [0.15, 0.2) is 18.2 Å². The number of rotatable bonds is 4. The van der Waals surface area contributed by atoms with E-state index < -0.39 is 30.0 Å². The predicted molar refractivity (Wildman–Crippen MR) is 74.9 cm³/mol. The van der Waals surface area contributed by atoms with E-state index in [2.05, 4.69) is 0 Å². The molecule has 2 amide bonds. The Balaban J connectivity index is 2.70. The SMILES string of the molecule is COc1ccc(Cl)cc1C(=O)NNC(=O)C[C@](C)(O)C(F)(F)F. The number of hydrogen-bond donors (Lipinski definition) is 3. The van der Waals surface area contributed by atoms with E-state index in [4.69, 9.17) is 16.3 Å². The molecule has 3 N–H and O–H groups in total. The number of alkyl halides is 3. The summed E-state index contributed by atoms with van der Waals surface area (Å²) in [6.07, 6.45) is -6.26. The lowest BCUT2D eigenvalue weighted by Gasteiger charge is -2.25. The third kappa shape index (κ3) is 5.00. The van der Waals surface area contributed by atoms with E-state index in [1.165, 1.54) is 25.3 Å². The minimum Gasteiger partial charge on any atom is -0.496 e. The van der Waals surface area contributed by atoms with Crippen LogP contribution in [0.25, 0.3) is 0 Å². The molecule has 1 atom stereocenters. The maximum absolute atomic E-state index is 12.5. The van der Waals surface area contributed by atoms with E-state index in [9.17, 15) is 27.9 Å². The number of methoxy groups -OCH3 is 1. The van der Waals surface area contributed by atoms with Crippen molar-refractivity contribution < 1.29 is 32.6 Å². The number of hydrazine groups is 1. The Labute approximate surface area is 134 Å². The molecule has 6 nitrogen and oxygen atoms in total. The van der Waals surface area contributed by atoms with Gasteiger partial charge in [-0.3, -0.25) is 20.4 Å². The molecule has 0 radical (unpaired) electrons. The molecule has 128 valence electrons. The zero-order valence-electron chi connectivity index (χ0n) is 12.1. The Morgan fingerprint density at radius 2 is 1.91 bits per heavy atom. The van der Waals surface area contributed by atoms with Crippen LogP contribution in [0, 0.1) is 0 Å². The molecule has 1 aromatic rings. The highest BCUT2D eigenvalue weighted by atomic mass is 35.5. The summed E-state index contributed by atoms with van der Waals surface area (Å²) in [5.41, 5.74) is 0.464. The van der Waals surface area contributed by atoms with Gasteiger partial charge in [-0.2, -0.15) is 13.2 Å². The molecule has 0 aliphatic carbocycles. The van der Waals surface area contributed by atoms with Gasteiger partial charge in [0.15, 0.2) is 5.60 Å². The Morgan fingerprint density at radius 3 is 2.43 bits per heavy atom. The van der Waals surface area contributed by atoms with E-state index >= 15 is 0 Å². The standard InChI is InChI=1S/C13H14ClF3N2O4/c1-12(22,13(15,16)17)6-10(20)18-19-11(21)8-5-7(14)3-4-9(8)23-2/h3-5,22H,6H2,1-2H3,(H,18,20)(H,19,21)/t12-/m0/s1. The third-order valence-electron chi connectivity index (χ3n) is 2.84. The second-order valence-electron chi connectivity index (χ2n) is 4.80. The van der Waals surface area contributed by atoms with Gasteiger partial charge >= 0.3 is 6.18 Å². The van der Waals surface area contributed by atoms with Crippen molar-refractivity contribution in [2.45, 2.75) is 25.1 Å². The van der Waals surface area contributed by atoms with Crippen molar-refractivity contribution in [1.29, 1.82) is 0 Å². The summed E-state index contributed by atoms with van der Waals surface area (Å²) in [5.74, 6) is -1.91. The smallest absolute Gasteiger partial charge is 0.417 e. The van der Waals surface area contributed by atoms with E-state index in [0.717, 1.165) is 0 Å². The molecule has 0 heterocycles. The summed E-state index contributed by atoms with van der Waals surface area (Å²) in [6, 6.07) is 4.14. The summed E-state index contributed by atoms with van der Waals surface area (Å²) in [7, 11) is 1.30. The van der Waals surface area contributed by atoms with Crippen molar-refractivity contribution in [2.75, 3.05) is 7.11 Å². The summed E-state index contributed by atoms with van der Waals surface area (Å²) >= 11 is 5.74. The van der Waals surface area contributed by atoms with Gasteiger partial charge in [0.2, 0.25) is 5.91 Å². The lowest BCUT2D eigenvalue weighted by molar-refractivity contribution is -0.253. The number of carbonyl (C=O) groups is 2. The number of ether oxygens (including phenoxy) is 1. The van der Waals surface area contributed by atoms with Crippen LogP contribution in [0.2, 0.25) is 5.02 Å². The molecule has 0 saturated heterocycles. The number of carbonyl (C=O) groups excluding carboxylic acids is 2. The van der Waals surface area contributed by atoms with Crippen LogP contribution in [0.3, 0.4) is 0 Å². The first-order valence-corrected chi connectivity index (χ1v) is 6.57. The Hall–Kier alpha value is -2.00. The lowest BCUT2D eigenvalue weighted by atomic mass is 10.0. The van der Waals surface area contributed by atoms with Gasteiger partial charge in [-0.05, 0) is 25.1 Å². The average Bonchev–Trinajstić information content (AvgIpc) is 2.43. The normalized spacial score (nSPS) is 13.9. The number of halogens is 4. The molecule has 0 spiro atoms. The second kappa shape index (κ2) is 7.05. The molecule has 1 aromatic carbocycles. The van der Waals surface area contributed by atoms with Crippen molar-refractivity contribution in [3.8, 4) is 5.75 Å².